The van der Waals surface area contributed by atoms with Crippen molar-refractivity contribution in [3.63, 3.8) is 0 Å². The summed E-state index contributed by atoms with van der Waals surface area (Å²) in [5, 5.41) is 9.72. The van der Waals surface area contributed by atoms with Gasteiger partial charge in [-0.25, -0.2) is 0 Å². The second kappa shape index (κ2) is 5.10. The highest BCUT2D eigenvalue weighted by Gasteiger charge is 2.16. The van der Waals surface area contributed by atoms with Crippen LogP contribution in [0.4, 0.5) is 0 Å². The molecule has 0 atom stereocenters. The number of rotatable bonds is 1. The fraction of sp³-hybridized carbons (Fsp3) is 0.100. The topological polar surface area (TPSA) is 61.1 Å². The Bertz CT molecular complexity index is 1190. The van der Waals surface area contributed by atoms with Gasteiger partial charge in [0.25, 0.3) is 5.56 Å². The van der Waals surface area contributed by atoms with Gasteiger partial charge in [0.15, 0.2) is 0 Å². The Balaban J connectivity index is 2.19. The molecule has 4 aromatic rings. The van der Waals surface area contributed by atoms with Crippen LogP contribution in [0.2, 0.25) is 0 Å². The summed E-state index contributed by atoms with van der Waals surface area (Å²) in [6, 6.07) is 17.3. The first-order chi connectivity index (χ1) is 11.6. The average Bonchev–Trinajstić information content (AvgIpc) is 2.94. The Morgan fingerprint density at radius 1 is 1.04 bits per heavy atom. The molecule has 0 unspecified atom stereocenters. The van der Waals surface area contributed by atoms with E-state index in [0.717, 1.165) is 27.7 Å². The van der Waals surface area contributed by atoms with Crippen molar-refractivity contribution >= 4 is 16.7 Å². The summed E-state index contributed by atoms with van der Waals surface area (Å²) in [7, 11) is 0. The zero-order valence-corrected chi connectivity index (χ0v) is 13.4. The molecule has 0 aliphatic carbocycles. The van der Waals surface area contributed by atoms with Crippen LogP contribution in [0.5, 0.6) is 0 Å². The summed E-state index contributed by atoms with van der Waals surface area (Å²) in [6.45, 7) is 4.05. The second-order valence-electron chi connectivity index (χ2n) is 6.01. The van der Waals surface area contributed by atoms with Crippen LogP contribution in [0.25, 0.3) is 27.8 Å². The molecule has 0 fully saturated rings. The van der Waals surface area contributed by atoms with Gasteiger partial charge in [-0.1, -0.05) is 30.3 Å². The van der Waals surface area contributed by atoms with Crippen LogP contribution in [0.1, 0.15) is 16.7 Å². The maximum atomic E-state index is 12.7. The fourth-order valence-corrected chi connectivity index (χ4v) is 3.14. The quantitative estimate of drug-likeness (QED) is 0.578. The number of hydrogen-bond acceptors (Lipinski definition) is 2. The first-order valence-electron chi connectivity index (χ1n) is 7.74. The molecule has 0 saturated heterocycles. The van der Waals surface area contributed by atoms with Crippen LogP contribution in [0, 0.1) is 25.2 Å². The molecule has 24 heavy (non-hydrogen) atoms. The molecule has 116 valence electrons. The van der Waals surface area contributed by atoms with Crippen molar-refractivity contribution in [3.05, 3.63) is 75.6 Å². The van der Waals surface area contributed by atoms with E-state index in [1.54, 1.807) is 10.5 Å². The summed E-state index contributed by atoms with van der Waals surface area (Å²) in [6.07, 6.45) is 0. The summed E-state index contributed by atoms with van der Waals surface area (Å²) < 4.78 is 1.59. The van der Waals surface area contributed by atoms with Crippen molar-refractivity contribution in [1.82, 2.24) is 9.38 Å². The largest absolute Gasteiger partial charge is 0.338 e. The number of aromatic nitrogens is 2. The lowest BCUT2D eigenvalue weighted by molar-refractivity contribution is 1.14. The van der Waals surface area contributed by atoms with E-state index in [-0.39, 0.29) is 5.56 Å². The van der Waals surface area contributed by atoms with Crippen molar-refractivity contribution in [1.29, 1.82) is 5.26 Å². The molecule has 2 aromatic heterocycles. The Kier molecular flexibility index (Phi) is 3.04. The normalized spacial score (nSPS) is 11.0. The van der Waals surface area contributed by atoms with Gasteiger partial charge >= 0.3 is 0 Å². The lowest BCUT2D eigenvalue weighted by Crippen LogP contribution is -2.13. The van der Waals surface area contributed by atoms with E-state index in [1.165, 1.54) is 0 Å². The standard InChI is InChI=1S/C20H15N3O/c1-12-8-17-18(9-13(12)2)23-19(24)10-15(14-6-4-3-5-7-14)16(11-21)20(23)22-17/h3-10,22H,1-2H3. The van der Waals surface area contributed by atoms with Gasteiger partial charge in [0.2, 0.25) is 0 Å². The molecule has 4 rings (SSSR count). The number of aryl methyl sites for hydroxylation is 2. The number of hydrogen-bond donors (Lipinski definition) is 1. The molecule has 2 aromatic carbocycles. The highest BCUT2D eigenvalue weighted by Crippen LogP contribution is 2.27. The number of nitriles is 1. The average molecular weight is 313 g/mol. The highest BCUT2D eigenvalue weighted by molar-refractivity contribution is 5.87. The number of fused-ring (bicyclic) bond motifs is 3. The van der Waals surface area contributed by atoms with Crippen LogP contribution in [0.3, 0.4) is 0 Å². The molecule has 0 aliphatic rings. The number of nitrogens with zero attached hydrogens (tertiary/aromatic N) is 2. The van der Waals surface area contributed by atoms with E-state index < -0.39 is 0 Å². The first kappa shape index (κ1) is 14.3. The molecule has 0 radical (unpaired) electrons. The summed E-state index contributed by atoms with van der Waals surface area (Å²) >= 11 is 0. The van der Waals surface area contributed by atoms with Gasteiger partial charge in [-0.2, -0.15) is 5.26 Å². The Labute approximate surface area is 138 Å². The number of pyridine rings is 1. The van der Waals surface area contributed by atoms with Gasteiger partial charge in [0.05, 0.1) is 11.0 Å². The Morgan fingerprint density at radius 2 is 1.75 bits per heavy atom. The fourth-order valence-electron chi connectivity index (χ4n) is 3.14. The third kappa shape index (κ3) is 1.95. The molecule has 0 spiro atoms. The molecule has 0 saturated carbocycles. The number of aromatic amines is 1. The summed E-state index contributed by atoms with van der Waals surface area (Å²) in [5.74, 6) is 0. The van der Waals surface area contributed by atoms with Gasteiger partial charge in [0, 0.05) is 11.6 Å². The predicted octanol–water partition coefficient (Wildman–Crippen LogP) is 3.94. The van der Waals surface area contributed by atoms with Gasteiger partial charge in [-0.05, 0) is 42.7 Å². The maximum Gasteiger partial charge on any atom is 0.257 e. The van der Waals surface area contributed by atoms with Crippen molar-refractivity contribution in [2.75, 3.05) is 0 Å². The third-order valence-electron chi connectivity index (χ3n) is 4.52. The van der Waals surface area contributed by atoms with Crippen LogP contribution in [-0.4, -0.2) is 9.38 Å². The van der Waals surface area contributed by atoms with Gasteiger partial charge in [-0.3, -0.25) is 9.20 Å². The molecule has 0 bridgehead atoms. The molecule has 2 heterocycles. The zero-order valence-electron chi connectivity index (χ0n) is 13.4. The smallest absolute Gasteiger partial charge is 0.257 e. The summed E-state index contributed by atoms with van der Waals surface area (Å²) in [4.78, 5) is 16.0. The molecule has 4 nitrogen and oxygen atoms in total. The van der Waals surface area contributed by atoms with E-state index in [2.05, 4.69) is 11.1 Å². The molecular weight excluding hydrogens is 298 g/mol. The Hall–Kier alpha value is -3.32. The number of nitrogens with one attached hydrogen (secondary N) is 1. The van der Waals surface area contributed by atoms with E-state index >= 15 is 0 Å². The van der Waals surface area contributed by atoms with Gasteiger partial charge in [-0.15, -0.1) is 0 Å². The van der Waals surface area contributed by atoms with E-state index in [1.807, 2.05) is 56.3 Å². The number of H-pyrrole nitrogens is 1. The van der Waals surface area contributed by atoms with E-state index in [4.69, 9.17) is 0 Å². The van der Waals surface area contributed by atoms with Crippen molar-refractivity contribution in [2.45, 2.75) is 13.8 Å². The summed E-state index contributed by atoms with van der Waals surface area (Å²) in [5.41, 5.74) is 6.31. The minimum absolute atomic E-state index is 0.141. The van der Waals surface area contributed by atoms with Crippen molar-refractivity contribution in [3.8, 4) is 17.2 Å². The van der Waals surface area contributed by atoms with Crippen molar-refractivity contribution < 1.29 is 0 Å². The SMILES string of the molecule is Cc1cc2[nH]c3c(C#N)c(-c4ccccc4)cc(=O)n3c2cc1C. The third-order valence-corrected chi connectivity index (χ3v) is 4.52. The lowest BCUT2D eigenvalue weighted by Gasteiger charge is -2.06. The highest BCUT2D eigenvalue weighted by atomic mass is 16.1. The predicted molar refractivity (Wildman–Crippen MR) is 95.1 cm³/mol. The molecule has 0 amide bonds. The van der Waals surface area contributed by atoms with E-state index in [0.29, 0.717) is 16.8 Å². The van der Waals surface area contributed by atoms with Crippen molar-refractivity contribution in [2.24, 2.45) is 0 Å². The first-order valence-corrected chi connectivity index (χ1v) is 7.74. The lowest BCUT2D eigenvalue weighted by atomic mass is 10.0. The maximum absolute atomic E-state index is 12.7. The molecule has 0 aliphatic heterocycles. The van der Waals surface area contributed by atoms with Crippen LogP contribution in [-0.2, 0) is 0 Å². The second-order valence-corrected chi connectivity index (χ2v) is 6.01. The Morgan fingerprint density at radius 3 is 2.46 bits per heavy atom. The number of imidazole rings is 1. The van der Waals surface area contributed by atoms with Crippen LogP contribution >= 0.6 is 0 Å². The van der Waals surface area contributed by atoms with Crippen LogP contribution < -0.4 is 5.56 Å². The molecule has 1 N–H and O–H groups in total. The molecule has 4 heteroatoms. The minimum Gasteiger partial charge on any atom is -0.338 e. The van der Waals surface area contributed by atoms with Crippen LogP contribution in [0.15, 0.2) is 53.3 Å². The monoisotopic (exact) mass is 313 g/mol. The minimum atomic E-state index is -0.141. The zero-order chi connectivity index (χ0) is 16.8. The van der Waals surface area contributed by atoms with E-state index in [9.17, 15) is 10.1 Å². The van der Waals surface area contributed by atoms with Gasteiger partial charge < -0.3 is 4.98 Å². The molecular formula is C20H15N3O. The van der Waals surface area contributed by atoms with Gasteiger partial charge in [0.1, 0.15) is 17.3 Å². The number of benzene rings is 2.